The minimum absolute atomic E-state index is 0. The molecule has 0 saturated heterocycles. The molecule has 3 N–H and O–H groups in total. The van der Waals surface area contributed by atoms with E-state index in [0.717, 1.165) is 0 Å². The second-order valence-corrected chi connectivity index (χ2v) is 1.57. The molecule has 0 spiro atoms. The first-order valence-electron chi connectivity index (χ1n) is 1.44. The first kappa shape index (κ1) is 23.3. The molecule has 0 fully saturated rings. The Hall–Kier alpha value is 2.45. The largest absolute Gasteiger partial charge is 1.00 e. The van der Waals surface area contributed by atoms with Crippen LogP contribution in [0.1, 0.15) is 0 Å². The van der Waals surface area contributed by atoms with Crippen molar-refractivity contribution in [2.75, 3.05) is 0 Å². The average molecular weight is 220 g/mol. The minimum atomic E-state index is -5.17. The first-order chi connectivity index (χ1) is 3.73. The maximum atomic E-state index is 8.52. The van der Waals surface area contributed by atoms with Gasteiger partial charge in [-0.1, -0.05) is 0 Å². The number of rotatable bonds is 0. The van der Waals surface area contributed by atoms with Gasteiger partial charge in [-0.25, -0.2) is 0 Å². The van der Waals surface area contributed by atoms with Gasteiger partial charge in [0.25, 0.3) is 0 Å². The van der Waals surface area contributed by atoms with Crippen LogP contribution in [0.15, 0.2) is 0 Å². The second kappa shape index (κ2) is 12.5. The Labute approximate surface area is 129 Å². The van der Waals surface area contributed by atoms with E-state index in [-0.39, 0.29) is 80.9 Å². The Kier molecular flexibility index (Phi) is 26.4. The van der Waals surface area contributed by atoms with E-state index in [1.807, 2.05) is 0 Å². The summed E-state index contributed by atoms with van der Waals surface area (Å²) < 4.78 is 34.1. The predicted molar refractivity (Wildman–Crippen MR) is 22.9 cm³/mol. The zero-order chi connectivity index (χ0) is 8.08. The molecule has 7 nitrogen and oxygen atoms in total. The topological polar surface area (TPSA) is 141 Å². The first-order valence-corrected chi connectivity index (χ1v) is 2.77. The molecule has 0 rings (SSSR count). The Balaban J connectivity index is -0.0000000383. The SMILES string of the molecule is O=S(=O)([O-])[O-].OB(O)O.[K+].[Na+]. The molecule has 11 heteroatoms. The van der Waals surface area contributed by atoms with E-state index in [9.17, 15) is 0 Å². The molecule has 11 heavy (non-hydrogen) atoms. The van der Waals surface area contributed by atoms with Gasteiger partial charge in [-0.3, -0.25) is 8.42 Å². The summed E-state index contributed by atoms with van der Waals surface area (Å²) in [7, 11) is -7.33. The summed E-state index contributed by atoms with van der Waals surface area (Å²) in [6, 6.07) is 0. The molecule has 0 unspecified atom stereocenters. The molecule has 0 heterocycles. The average Bonchev–Trinajstić information content (AvgIpc) is 1.19. The van der Waals surface area contributed by atoms with Gasteiger partial charge in [0, 0.05) is 10.4 Å². The van der Waals surface area contributed by atoms with E-state index >= 15 is 0 Å². The summed E-state index contributed by atoms with van der Waals surface area (Å²) >= 11 is 0. The second-order valence-electron chi connectivity index (χ2n) is 0.755. The van der Waals surface area contributed by atoms with Gasteiger partial charge in [-0.05, 0) is 0 Å². The van der Waals surface area contributed by atoms with Crippen LogP contribution in [0.5, 0.6) is 0 Å². The summed E-state index contributed by atoms with van der Waals surface area (Å²) in [5, 5.41) is 21.5. The smallest absolute Gasteiger partial charge is 0.759 e. The Bertz CT molecular complexity index is 130. The van der Waals surface area contributed by atoms with Crippen molar-refractivity contribution in [3.8, 4) is 0 Å². The number of hydrogen-bond acceptors (Lipinski definition) is 7. The van der Waals surface area contributed by atoms with Crippen molar-refractivity contribution in [3.63, 3.8) is 0 Å². The van der Waals surface area contributed by atoms with Crippen molar-refractivity contribution in [1.82, 2.24) is 0 Å². The van der Waals surface area contributed by atoms with Crippen LogP contribution >= 0.6 is 0 Å². The standard InChI is InChI=1S/BH3O3.K.Na.H2O4S/c2-1(3)4;;;1-5(2,3)4/h2-4H;;;(H2,1,2,3,4)/q;2*+1;/p-2. The molecule has 0 bridgehead atoms. The summed E-state index contributed by atoms with van der Waals surface area (Å²) in [6.07, 6.45) is 0. The molecule has 0 aromatic rings. The third-order valence-corrected chi connectivity index (χ3v) is 0. The molecule has 0 aromatic carbocycles. The zero-order valence-electron chi connectivity index (χ0n) is 5.96. The predicted octanol–water partition coefficient (Wildman–Crippen LogP) is -9.38. The van der Waals surface area contributed by atoms with Crippen molar-refractivity contribution < 1.29 is 114 Å². The van der Waals surface area contributed by atoms with E-state index in [4.69, 9.17) is 32.6 Å². The van der Waals surface area contributed by atoms with Crippen molar-refractivity contribution in [1.29, 1.82) is 0 Å². The molecule has 0 amide bonds. The fourth-order valence-corrected chi connectivity index (χ4v) is 0. The molecular formula is H3BKNaO7S. The Morgan fingerprint density at radius 2 is 1.09 bits per heavy atom. The van der Waals surface area contributed by atoms with Crippen LogP contribution in [0, 0.1) is 0 Å². The van der Waals surface area contributed by atoms with E-state index in [1.165, 1.54) is 0 Å². The van der Waals surface area contributed by atoms with Crippen molar-refractivity contribution in [2.45, 2.75) is 0 Å². The third kappa shape index (κ3) is 226. The molecule has 0 saturated carbocycles. The van der Waals surface area contributed by atoms with Crippen molar-refractivity contribution in [2.24, 2.45) is 0 Å². The van der Waals surface area contributed by atoms with Gasteiger partial charge in [0.15, 0.2) is 0 Å². The monoisotopic (exact) mass is 220 g/mol. The molecule has 0 aliphatic rings. The molecule has 56 valence electrons. The summed E-state index contributed by atoms with van der Waals surface area (Å²) in [6.45, 7) is 0. The number of hydrogen-bond donors (Lipinski definition) is 3. The fraction of sp³-hybridized carbons (Fsp3) is 0. The molecule has 0 aliphatic heterocycles. The Morgan fingerprint density at radius 1 is 1.09 bits per heavy atom. The Morgan fingerprint density at radius 3 is 1.09 bits per heavy atom. The van der Waals surface area contributed by atoms with Gasteiger partial charge in [0.05, 0.1) is 0 Å². The van der Waals surface area contributed by atoms with Crippen LogP contribution in [0.25, 0.3) is 0 Å². The molecule has 0 radical (unpaired) electrons. The van der Waals surface area contributed by atoms with Crippen LogP contribution in [-0.4, -0.2) is 39.9 Å². The van der Waals surface area contributed by atoms with Gasteiger partial charge in [-0.15, -0.1) is 0 Å². The third-order valence-electron chi connectivity index (χ3n) is 0. The van der Waals surface area contributed by atoms with Crippen LogP contribution in [-0.2, 0) is 10.4 Å². The van der Waals surface area contributed by atoms with E-state index in [1.54, 1.807) is 0 Å². The summed E-state index contributed by atoms with van der Waals surface area (Å²) in [5.41, 5.74) is 0. The maximum absolute atomic E-state index is 8.52. The van der Waals surface area contributed by atoms with Gasteiger partial charge in [-0.2, -0.15) is 0 Å². The molecule has 0 atom stereocenters. The van der Waals surface area contributed by atoms with Gasteiger partial charge < -0.3 is 24.2 Å². The van der Waals surface area contributed by atoms with E-state index in [0.29, 0.717) is 0 Å². The summed E-state index contributed by atoms with van der Waals surface area (Å²) in [4.78, 5) is 0. The van der Waals surface area contributed by atoms with Gasteiger partial charge in [0.1, 0.15) is 0 Å². The van der Waals surface area contributed by atoms with Crippen LogP contribution in [0.2, 0.25) is 0 Å². The van der Waals surface area contributed by atoms with Crippen LogP contribution in [0.3, 0.4) is 0 Å². The van der Waals surface area contributed by atoms with Crippen molar-refractivity contribution >= 4 is 17.7 Å². The molecule has 0 aromatic heterocycles. The fourth-order valence-electron chi connectivity index (χ4n) is 0. The van der Waals surface area contributed by atoms with E-state index in [2.05, 4.69) is 0 Å². The van der Waals surface area contributed by atoms with Gasteiger partial charge in [0.2, 0.25) is 0 Å². The van der Waals surface area contributed by atoms with E-state index < -0.39 is 17.7 Å². The van der Waals surface area contributed by atoms with Gasteiger partial charge >= 0.3 is 88.3 Å². The quantitative estimate of drug-likeness (QED) is 0.209. The molecular weight excluding hydrogens is 217 g/mol. The minimum Gasteiger partial charge on any atom is -0.759 e. The zero-order valence-corrected chi connectivity index (χ0v) is 11.9. The van der Waals surface area contributed by atoms with Crippen LogP contribution < -0.4 is 80.9 Å². The maximum Gasteiger partial charge on any atom is 1.00 e. The molecule has 0 aliphatic carbocycles. The normalized spacial score (nSPS) is 7.73. The van der Waals surface area contributed by atoms with Crippen LogP contribution in [0.4, 0.5) is 0 Å². The summed E-state index contributed by atoms with van der Waals surface area (Å²) in [5.74, 6) is 0. The van der Waals surface area contributed by atoms with Crippen molar-refractivity contribution in [3.05, 3.63) is 0 Å².